The van der Waals surface area contributed by atoms with Gasteiger partial charge in [-0.2, -0.15) is 0 Å². The van der Waals surface area contributed by atoms with Crippen molar-refractivity contribution in [3.8, 4) is 0 Å². The van der Waals surface area contributed by atoms with Crippen LogP contribution in [0.3, 0.4) is 0 Å². The molecule has 0 bridgehead atoms. The van der Waals surface area contributed by atoms with E-state index in [0.29, 0.717) is 5.41 Å². The number of aryl methyl sites for hydroxylation is 1. The van der Waals surface area contributed by atoms with Gasteiger partial charge < -0.3 is 10.3 Å². The van der Waals surface area contributed by atoms with Gasteiger partial charge in [0.05, 0.1) is 0 Å². The van der Waals surface area contributed by atoms with Crippen LogP contribution in [0.2, 0.25) is 0 Å². The molecule has 0 radical (unpaired) electrons. The van der Waals surface area contributed by atoms with Crippen LogP contribution in [0, 0.1) is 5.41 Å². The van der Waals surface area contributed by atoms with Crippen molar-refractivity contribution < 1.29 is 0 Å². The Morgan fingerprint density at radius 3 is 2.71 bits per heavy atom. The van der Waals surface area contributed by atoms with Crippen molar-refractivity contribution in [2.75, 3.05) is 6.54 Å². The number of nitrogens with zero attached hydrogens (tertiary/aromatic N) is 3. The Bertz CT molecular complexity index is 299. The smallest absolute Gasteiger partial charge is 0.133 e. The molecule has 0 unspecified atom stereocenters. The second-order valence-corrected chi connectivity index (χ2v) is 4.45. The van der Waals surface area contributed by atoms with Gasteiger partial charge >= 0.3 is 0 Å². The molecule has 1 saturated carbocycles. The zero-order valence-electron chi connectivity index (χ0n) is 8.74. The van der Waals surface area contributed by atoms with Crippen molar-refractivity contribution in [1.82, 2.24) is 14.8 Å². The van der Waals surface area contributed by atoms with Crippen LogP contribution < -0.4 is 5.73 Å². The molecule has 0 spiro atoms. The van der Waals surface area contributed by atoms with Gasteiger partial charge in [0.1, 0.15) is 12.2 Å². The first kappa shape index (κ1) is 9.65. The van der Waals surface area contributed by atoms with Gasteiger partial charge in [0.15, 0.2) is 0 Å². The molecule has 1 aromatic heterocycles. The maximum atomic E-state index is 5.88. The highest BCUT2D eigenvalue weighted by molar-refractivity contribution is 4.96. The van der Waals surface area contributed by atoms with E-state index in [-0.39, 0.29) is 0 Å². The first-order chi connectivity index (χ1) is 6.76. The molecule has 0 amide bonds. The molecule has 0 saturated heterocycles. The van der Waals surface area contributed by atoms with E-state index in [0.717, 1.165) is 18.8 Å². The largest absolute Gasteiger partial charge is 0.330 e. The predicted octanol–water partition coefficient (Wildman–Crippen LogP) is 0.877. The minimum Gasteiger partial charge on any atom is -0.330 e. The Kier molecular flexibility index (Phi) is 2.54. The third kappa shape index (κ3) is 1.66. The second-order valence-electron chi connectivity index (χ2n) is 4.45. The van der Waals surface area contributed by atoms with Crippen molar-refractivity contribution in [2.45, 2.75) is 32.1 Å². The number of aromatic nitrogens is 3. The summed E-state index contributed by atoms with van der Waals surface area (Å²) in [5.41, 5.74) is 6.18. The molecule has 2 N–H and O–H groups in total. The van der Waals surface area contributed by atoms with Crippen LogP contribution in [-0.2, 0) is 13.5 Å². The van der Waals surface area contributed by atoms with E-state index in [1.807, 2.05) is 11.6 Å². The molecule has 1 aliphatic rings. The number of nitrogens with two attached hydrogens (primary N) is 1. The molecule has 2 rings (SSSR count). The third-order valence-electron chi connectivity index (χ3n) is 3.44. The minimum absolute atomic E-state index is 0.306. The summed E-state index contributed by atoms with van der Waals surface area (Å²) in [5, 5.41) is 8.03. The van der Waals surface area contributed by atoms with Gasteiger partial charge in [-0.1, -0.05) is 12.8 Å². The van der Waals surface area contributed by atoms with E-state index in [4.69, 9.17) is 5.73 Å². The summed E-state index contributed by atoms with van der Waals surface area (Å²) < 4.78 is 2.00. The standard InChI is InChI=1S/C10H18N4/c1-14-8-12-13-9(14)6-10(7-11)4-2-3-5-10/h8H,2-7,11H2,1H3. The lowest BCUT2D eigenvalue weighted by atomic mass is 9.82. The van der Waals surface area contributed by atoms with Crippen molar-refractivity contribution in [3.63, 3.8) is 0 Å². The Morgan fingerprint density at radius 1 is 1.50 bits per heavy atom. The summed E-state index contributed by atoms with van der Waals surface area (Å²) in [7, 11) is 1.99. The molecule has 1 fully saturated rings. The summed E-state index contributed by atoms with van der Waals surface area (Å²) in [6.07, 6.45) is 7.87. The molecule has 78 valence electrons. The summed E-state index contributed by atoms with van der Waals surface area (Å²) in [5.74, 6) is 1.07. The van der Waals surface area contributed by atoms with Gasteiger partial charge in [0, 0.05) is 13.5 Å². The van der Waals surface area contributed by atoms with Gasteiger partial charge in [0.25, 0.3) is 0 Å². The van der Waals surface area contributed by atoms with E-state index >= 15 is 0 Å². The number of rotatable bonds is 3. The van der Waals surface area contributed by atoms with Crippen LogP contribution in [0.1, 0.15) is 31.5 Å². The molecule has 0 aromatic carbocycles. The van der Waals surface area contributed by atoms with Crippen molar-refractivity contribution in [3.05, 3.63) is 12.2 Å². The van der Waals surface area contributed by atoms with E-state index in [1.165, 1.54) is 25.7 Å². The first-order valence-corrected chi connectivity index (χ1v) is 5.29. The lowest BCUT2D eigenvalue weighted by Gasteiger charge is -2.26. The highest BCUT2D eigenvalue weighted by atomic mass is 15.2. The molecule has 0 aliphatic heterocycles. The van der Waals surface area contributed by atoms with Crippen LogP contribution in [0.5, 0.6) is 0 Å². The minimum atomic E-state index is 0.306. The molecular formula is C10H18N4. The third-order valence-corrected chi connectivity index (χ3v) is 3.44. The van der Waals surface area contributed by atoms with Gasteiger partial charge in [0.2, 0.25) is 0 Å². The topological polar surface area (TPSA) is 56.7 Å². The molecule has 4 heteroatoms. The Labute approximate surface area is 84.5 Å². The normalized spacial score (nSPS) is 20.1. The first-order valence-electron chi connectivity index (χ1n) is 5.29. The number of hydrogen-bond donors (Lipinski definition) is 1. The zero-order valence-corrected chi connectivity index (χ0v) is 8.74. The van der Waals surface area contributed by atoms with Gasteiger partial charge in [-0.25, -0.2) is 0 Å². The molecule has 0 atom stereocenters. The maximum Gasteiger partial charge on any atom is 0.133 e. The van der Waals surface area contributed by atoms with E-state index in [2.05, 4.69) is 10.2 Å². The maximum absolute atomic E-state index is 5.88. The zero-order chi connectivity index (χ0) is 10.0. The number of hydrogen-bond acceptors (Lipinski definition) is 3. The quantitative estimate of drug-likeness (QED) is 0.777. The lowest BCUT2D eigenvalue weighted by molar-refractivity contribution is 0.297. The average Bonchev–Trinajstić information content (AvgIpc) is 2.79. The van der Waals surface area contributed by atoms with Crippen molar-refractivity contribution >= 4 is 0 Å². The fourth-order valence-electron chi connectivity index (χ4n) is 2.38. The van der Waals surface area contributed by atoms with Crippen LogP contribution in [0.15, 0.2) is 6.33 Å². The van der Waals surface area contributed by atoms with Crippen LogP contribution in [-0.4, -0.2) is 21.3 Å². The highest BCUT2D eigenvalue weighted by Crippen LogP contribution is 2.39. The molecule has 1 heterocycles. The molecule has 1 aromatic rings. The monoisotopic (exact) mass is 194 g/mol. The van der Waals surface area contributed by atoms with Gasteiger partial charge in [-0.05, 0) is 24.8 Å². The summed E-state index contributed by atoms with van der Waals surface area (Å²) in [6, 6.07) is 0. The molecule has 4 nitrogen and oxygen atoms in total. The van der Waals surface area contributed by atoms with Crippen LogP contribution in [0.4, 0.5) is 0 Å². The fraction of sp³-hybridized carbons (Fsp3) is 0.800. The van der Waals surface area contributed by atoms with Crippen molar-refractivity contribution in [2.24, 2.45) is 18.2 Å². The molecule has 1 aliphatic carbocycles. The summed E-state index contributed by atoms with van der Waals surface area (Å²) >= 11 is 0. The van der Waals surface area contributed by atoms with Gasteiger partial charge in [-0.15, -0.1) is 10.2 Å². The molecular weight excluding hydrogens is 176 g/mol. The SMILES string of the molecule is Cn1cnnc1CC1(CN)CCCC1. The summed E-state index contributed by atoms with van der Waals surface area (Å²) in [6.45, 7) is 0.778. The lowest BCUT2D eigenvalue weighted by Crippen LogP contribution is -2.30. The van der Waals surface area contributed by atoms with E-state index in [9.17, 15) is 0 Å². The van der Waals surface area contributed by atoms with Crippen molar-refractivity contribution in [1.29, 1.82) is 0 Å². The summed E-state index contributed by atoms with van der Waals surface area (Å²) in [4.78, 5) is 0. The van der Waals surface area contributed by atoms with Gasteiger partial charge in [-0.3, -0.25) is 0 Å². The Morgan fingerprint density at radius 2 is 2.21 bits per heavy atom. The highest BCUT2D eigenvalue weighted by Gasteiger charge is 2.33. The van der Waals surface area contributed by atoms with E-state index in [1.54, 1.807) is 6.33 Å². The Hall–Kier alpha value is -0.900. The van der Waals surface area contributed by atoms with E-state index < -0.39 is 0 Å². The average molecular weight is 194 g/mol. The molecule has 14 heavy (non-hydrogen) atoms. The van der Waals surface area contributed by atoms with Crippen LogP contribution in [0.25, 0.3) is 0 Å². The Balaban J connectivity index is 2.12. The second kappa shape index (κ2) is 3.69. The predicted molar refractivity (Wildman–Crippen MR) is 54.7 cm³/mol. The fourth-order valence-corrected chi connectivity index (χ4v) is 2.38. The van der Waals surface area contributed by atoms with Crippen LogP contribution >= 0.6 is 0 Å².